The predicted molar refractivity (Wildman–Crippen MR) is 85.5 cm³/mol. The van der Waals surface area contributed by atoms with Crippen LogP contribution in [0.4, 0.5) is 5.13 Å². The summed E-state index contributed by atoms with van der Waals surface area (Å²) in [7, 11) is 0. The van der Waals surface area contributed by atoms with Crippen LogP contribution in [-0.2, 0) is 11.2 Å². The summed E-state index contributed by atoms with van der Waals surface area (Å²) in [6.45, 7) is 1.94. The fourth-order valence-electron chi connectivity index (χ4n) is 2.24. The minimum atomic E-state index is -0.603. The lowest BCUT2D eigenvalue weighted by Gasteiger charge is -2.10. The number of hydrogen-bond acceptors (Lipinski definition) is 4. The van der Waals surface area contributed by atoms with Gasteiger partial charge in [-0.1, -0.05) is 18.2 Å². The molecule has 2 heterocycles. The molecule has 0 radical (unpaired) electrons. The fraction of sp³-hybridized carbons (Fsp3) is 0.200. The highest BCUT2D eigenvalue weighted by atomic mass is 32.1. The zero-order valence-corrected chi connectivity index (χ0v) is 12.4. The number of nitrogens with one attached hydrogen (secondary N) is 2. The summed E-state index contributed by atoms with van der Waals surface area (Å²) < 4.78 is 0. The van der Waals surface area contributed by atoms with Gasteiger partial charge < -0.3 is 16.0 Å². The smallest absolute Gasteiger partial charge is 0.243 e. The molecule has 0 aliphatic rings. The molecule has 0 spiro atoms. The lowest BCUT2D eigenvalue weighted by atomic mass is 10.1. The molecule has 1 aromatic carbocycles. The standard InChI is InChI=1S/C15H16N4OS/c1-9-7-18-15(21-9)19-14(20)12(16)6-10-8-17-13-5-3-2-4-11(10)13/h2-5,7-8,12,17H,6,16H2,1H3,(H,18,19,20)/t12-/m1/s1. The normalized spacial score (nSPS) is 12.5. The van der Waals surface area contributed by atoms with Gasteiger partial charge in [0, 0.05) is 28.2 Å². The molecule has 6 heteroatoms. The van der Waals surface area contributed by atoms with E-state index in [1.165, 1.54) is 11.3 Å². The van der Waals surface area contributed by atoms with E-state index in [1.807, 2.05) is 37.4 Å². The summed E-state index contributed by atoms with van der Waals surface area (Å²) in [5, 5.41) is 4.45. The third-order valence-corrected chi connectivity index (χ3v) is 4.13. The van der Waals surface area contributed by atoms with Gasteiger partial charge in [-0.05, 0) is 25.0 Å². The maximum Gasteiger partial charge on any atom is 0.243 e. The van der Waals surface area contributed by atoms with Crippen molar-refractivity contribution in [2.45, 2.75) is 19.4 Å². The first-order valence-corrected chi connectivity index (χ1v) is 7.49. The number of thiazole rings is 1. The minimum absolute atomic E-state index is 0.213. The molecule has 0 aliphatic heterocycles. The van der Waals surface area contributed by atoms with Crippen molar-refractivity contribution in [1.82, 2.24) is 9.97 Å². The Morgan fingerprint density at radius 2 is 2.29 bits per heavy atom. The average molecular weight is 300 g/mol. The van der Waals surface area contributed by atoms with Gasteiger partial charge in [0.25, 0.3) is 0 Å². The number of aromatic amines is 1. The lowest BCUT2D eigenvalue weighted by Crippen LogP contribution is -2.37. The van der Waals surface area contributed by atoms with Crippen LogP contribution in [-0.4, -0.2) is 21.9 Å². The molecule has 0 bridgehead atoms. The Labute approximate surface area is 126 Å². The van der Waals surface area contributed by atoms with E-state index in [0.717, 1.165) is 21.3 Å². The summed E-state index contributed by atoms with van der Waals surface area (Å²) in [6.07, 6.45) is 4.12. The first-order valence-electron chi connectivity index (χ1n) is 6.67. The van der Waals surface area contributed by atoms with Crippen molar-refractivity contribution in [2.24, 2.45) is 5.73 Å². The predicted octanol–water partition coefficient (Wildman–Crippen LogP) is 2.44. The van der Waals surface area contributed by atoms with Gasteiger partial charge in [0.15, 0.2) is 5.13 Å². The van der Waals surface area contributed by atoms with Crippen molar-refractivity contribution in [3.8, 4) is 0 Å². The molecular weight excluding hydrogens is 284 g/mol. The first-order chi connectivity index (χ1) is 10.1. The van der Waals surface area contributed by atoms with Gasteiger partial charge in [-0.25, -0.2) is 4.98 Å². The number of fused-ring (bicyclic) bond motifs is 1. The highest BCUT2D eigenvalue weighted by Crippen LogP contribution is 2.20. The molecule has 2 aromatic heterocycles. The third-order valence-electron chi connectivity index (χ3n) is 3.30. The number of carbonyl (C=O) groups is 1. The van der Waals surface area contributed by atoms with E-state index in [-0.39, 0.29) is 5.91 Å². The molecule has 1 atom stereocenters. The Balaban J connectivity index is 1.70. The van der Waals surface area contributed by atoms with Gasteiger partial charge in [0.05, 0.1) is 6.04 Å². The maximum atomic E-state index is 12.1. The number of benzene rings is 1. The van der Waals surface area contributed by atoms with Gasteiger partial charge in [-0.15, -0.1) is 11.3 Å². The molecule has 5 nitrogen and oxygen atoms in total. The fourth-order valence-corrected chi connectivity index (χ4v) is 2.91. The summed E-state index contributed by atoms with van der Waals surface area (Å²) in [5.74, 6) is -0.213. The van der Waals surface area contributed by atoms with Crippen LogP contribution in [0.5, 0.6) is 0 Å². The van der Waals surface area contributed by atoms with Gasteiger partial charge in [0.1, 0.15) is 0 Å². The van der Waals surface area contributed by atoms with E-state index in [2.05, 4.69) is 15.3 Å². The molecular formula is C15H16N4OS. The highest BCUT2D eigenvalue weighted by molar-refractivity contribution is 7.15. The Kier molecular flexibility index (Phi) is 3.72. The van der Waals surface area contributed by atoms with Crippen LogP contribution in [0, 0.1) is 6.92 Å². The highest BCUT2D eigenvalue weighted by Gasteiger charge is 2.17. The van der Waals surface area contributed by atoms with E-state index in [4.69, 9.17) is 5.73 Å². The zero-order chi connectivity index (χ0) is 14.8. The number of amides is 1. The van der Waals surface area contributed by atoms with Crippen LogP contribution >= 0.6 is 11.3 Å². The van der Waals surface area contributed by atoms with Crippen LogP contribution in [0.3, 0.4) is 0 Å². The van der Waals surface area contributed by atoms with E-state index >= 15 is 0 Å². The number of hydrogen-bond donors (Lipinski definition) is 3. The Hall–Kier alpha value is -2.18. The summed E-state index contributed by atoms with van der Waals surface area (Å²) in [4.78, 5) is 20.5. The second-order valence-electron chi connectivity index (χ2n) is 4.94. The van der Waals surface area contributed by atoms with Gasteiger partial charge >= 0.3 is 0 Å². The third kappa shape index (κ3) is 2.96. The average Bonchev–Trinajstić information content (AvgIpc) is 3.06. The van der Waals surface area contributed by atoms with Crippen LogP contribution in [0.15, 0.2) is 36.7 Å². The Bertz CT molecular complexity index is 777. The number of para-hydroxylation sites is 1. The van der Waals surface area contributed by atoms with Crippen molar-refractivity contribution in [2.75, 3.05) is 5.32 Å². The summed E-state index contributed by atoms with van der Waals surface area (Å²) in [6, 6.07) is 7.37. The SMILES string of the molecule is Cc1cnc(NC(=O)[C@H](N)Cc2c[nH]c3ccccc23)s1. The molecule has 0 fully saturated rings. The van der Waals surface area contributed by atoms with Crippen molar-refractivity contribution in [3.05, 3.63) is 47.1 Å². The van der Waals surface area contributed by atoms with Gasteiger partial charge in [0.2, 0.25) is 5.91 Å². The number of aryl methyl sites for hydroxylation is 1. The number of H-pyrrole nitrogens is 1. The molecule has 0 aliphatic carbocycles. The molecule has 21 heavy (non-hydrogen) atoms. The topological polar surface area (TPSA) is 83.8 Å². The van der Waals surface area contributed by atoms with Crippen molar-refractivity contribution in [1.29, 1.82) is 0 Å². The van der Waals surface area contributed by atoms with Gasteiger partial charge in [-0.3, -0.25) is 4.79 Å². The monoisotopic (exact) mass is 300 g/mol. The lowest BCUT2D eigenvalue weighted by molar-refractivity contribution is -0.117. The van der Waals surface area contributed by atoms with Crippen molar-refractivity contribution < 1.29 is 4.79 Å². The molecule has 108 valence electrons. The maximum absolute atomic E-state index is 12.1. The molecule has 0 saturated carbocycles. The van der Waals surface area contributed by atoms with Crippen LogP contribution in [0.2, 0.25) is 0 Å². The minimum Gasteiger partial charge on any atom is -0.361 e. The van der Waals surface area contributed by atoms with E-state index < -0.39 is 6.04 Å². The Morgan fingerprint density at radius 3 is 3.05 bits per heavy atom. The quantitative estimate of drug-likeness (QED) is 0.692. The van der Waals surface area contributed by atoms with Crippen LogP contribution in [0.1, 0.15) is 10.4 Å². The number of carbonyl (C=O) groups excluding carboxylic acids is 1. The molecule has 4 N–H and O–H groups in total. The molecule has 3 rings (SSSR count). The summed E-state index contributed by atoms with van der Waals surface area (Å²) in [5.41, 5.74) is 8.10. The first kappa shape index (κ1) is 13.8. The largest absolute Gasteiger partial charge is 0.361 e. The second kappa shape index (κ2) is 5.67. The van der Waals surface area contributed by atoms with Crippen LogP contribution in [0.25, 0.3) is 10.9 Å². The Morgan fingerprint density at radius 1 is 1.48 bits per heavy atom. The number of anilines is 1. The number of aromatic nitrogens is 2. The van der Waals surface area contributed by atoms with E-state index in [1.54, 1.807) is 6.20 Å². The number of nitrogens with two attached hydrogens (primary N) is 1. The van der Waals surface area contributed by atoms with Crippen molar-refractivity contribution >= 4 is 33.3 Å². The summed E-state index contributed by atoms with van der Waals surface area (Å²) >= 11 is 1.44. The molecule has 3 aromatic rings. The second-order valence-corrected chi connectivity index (χ2v) is 6.17. The van der Waals surface area contributed by atoms with Crippen molar-refractivity contribution in [3.63, 3.8) is 0 Å². The molecule has 0 unspecified atom stereocenters. The zero-order valence-electron chi connectivity index (χ0n) is 11.6. The number of nitrogens with zero attached hydrogens (tertiary/aromatic N) is 1. The van der Waals surface area contributed by atoms with E-state index in [0.29, 0.717) is 11.6 Å². The van der Waals surface area contributed by atoms with Crippen LogP contribution < -0.4 is 11.1 Å². The van der Waals surface area contributed by atoms with E-state index in [9.17, 15) is 4.79 Å². The van der Waals surface area contributed by atoms with Gasteiger partial charge in [-0.2, -0.15) is 0 Å². The molecule has 1 amide bonds. The number of rotatable bonds is 4. The molecule has 0 saturated heterocycles.